The summed E-state index contributed by atoms with van der Waals surface area (Å²) >= 11 is -3.75. The molecule has 1 unspecified atom stereocenters. The first-order valence-corrected chi connectivity index (χ1v) is 26.1. The smallest absolute Gasteiger partial charge is 0.147 e. The number of rotatable bonds is 17. The van der Waals surface area contributed by atoms with Crippen molar-refractivity contribution in [3.63, 3.8) is 0 Å². The Balaban J connectivity index is 0.000000259. The van der Waals surface area contributed by atoms with E-state index in [4.69, 9.17) is 6.64 Å². The van der Waals surface area contributed by atoms with E-state index < -0.39 is 59.4 Å². The van der Waals surface area contributed by atoms with Crippen molar-refractivity contribution in [1.29, 1.82) is 0 Å². The van der Waals surface area contributed by atoms with Crippen LogP contribution in [0.1, 0.15) is 99.2 Å². The van der Waals surface area contributed by atoms with Crippen LogP contribution in [0.3, 0.4) is 0 Å². The molecule has 0 saturated heterocycles. The molecule has 0 N–H and O–H groups in total. The molecule has 6 aliphatic carbocycles. The molecule has 6 heteroatoms. The van der Waals surface area contributed by atoms with Crippen molar-refractivity contribution in [1.82, 2.24) is 0 Å². The van der Waals surface area contributed by atoms with E-state index in [1.54, 1.807) is 22.2 Å². The Labute approximate surface area is 325 Å². The zero-order valence-electron chi connectivity index (χ0n) is 30.6. The van der Waals surface area contributed by atoms with Crippen LogP contribution in [0, 0.1) is 5.92 Å². The molecule has 0 aromatic rings. The molecule has 0 aromatic carbocycles. The van der Waals surface area contributed by atoms with Crippen LogP contribution in [0.25, 0.3) is 0 Å². The van der Waals surface area contributed by atoms with Crippen LogP contribution in [0.15, 0.2) is 132 Å². The summed E-state index contributed by atoms with van der Waals surface area (Å²) in [5, 5.41) is 0. The third-order valence-corrected chi connectivity index (χ3v) is 21.3. The maximum atomic E-state index is 6.51. The number of hydrogen-bond acceptors (Lipinski definition) is 2. The minimum absolute atomic E-state index is 0. The van der Waals surface area contributed by atoms with Gasteiger partial charge in [-0.05, 0) is 0 Å². The van der Waals surface area contributed by atoms with Crippen molar-refractivity contribution in [2.75, 3.05) is 13.2 Å². The van der Waals surface area contributed by atoms with Crippen LogP contribution in [0.2, 0.25) is 0 Å². The summed E-state index contributed by atoms with van der Waals surface area (Å²) in [5.41, 5.74) is 0. The molecule has 1 atom stereocenters. The van der Waals surface area contributed by atoms with E-state index in [2.05, 4.69) is 130 Å². The minimum atomic E-state index is -1.66. The van der Waals surface area contributed by atoms with E-state index in [1.165, 1.54) is 51.4 Å². The van der Waals surface area contributed by atoms with Gasteiger partial charge in [0.25, 0.3) is 0 Å². The van der Waals surface area contributed by atoms with E-state index in [9.17, 15) is 0 Å². The summed E-state index contributed by atoms with van der Waals surface area (Å²) < 4.78 is 22.5. The third-order valence-electron chi connectivity index (χ3n) is 8.87. The van der Waals surface area contributed by atoms with E-state index in [1.807, 2.05) is 0 Å². The van der Waals surface area contributed by atoms with Gasteiger partial charge in [-0.2, -0.15) is 0 Å². The number of hydrogen-bond donors (Lipinski definition) is 0. The monoisotopic (exact) mass is 905 g/mol. The van der Waals surface area contributed by atoms with Crippen LogP contribution in [0.5, 0.6) is 0 Å². The van der Waals surface area contributed by atoms with Gasteiger partial charge in [0, 0.05) is 0 Å². The Morgan fingerprint density at radius 3 is 1.35 bits per heavy atom. The molecular weight excluding hydrogens is 846 g/mol. The van der Waals surface area contributed by atoms with Crippen molar-refractivity contribution in [2.24, 2.45) is 5.92 Å². The van der Waals surface area contributed by atoms with Crippen LogP contribution in [0.4, 0.5) is 0 Å². The molecule has 48 heavy (non-hydrogen) atoms. The fraction of sp³-hybridized carbons (Fsp3) is 0.429. The average molecular weight is 905 g/mol. The minimum Gasteiger partial charge on any atom is -1.00 e. The fourth-order valence-corrected chi connectivity index (χ4v) is 17.4. The van der Waals surface area contributed by atoms with Crippen molar-refractivity contribution in [3.8, 4) is 0 Å². The van der Waals surface area contributed by atoms with E-state index in [-0.39, 0.29) is 13.8 Å². The normalized spacial score (nSPS) is 18.2. The Hall–Kier alpha value is -0.611. The van der Waals surface area contributed by atoms with Crippen molar-refractivity contribution < 1.29 is 67.5 Å². The van der Waals surface area contributed by atoms with Crippen LogP contribution in [-0.4, -0.2) is 13.2 Å². The van der Waals surface area contributed by atoms with Gasteiger partial charge in [0.05, 0.1) is 0 Å². The molecule has 0 bridgehead atoms. The van der Waals surface area contributed by atoms with Crippen LogP contribution < -0.4 is 0 Å². The second kappa shape index (κ2) is 25.4. The van der Waals surface area contributed by atoms with Gasteiger partial charge in [-0.3, -0.25) is 0 Å². The molecule has 0 heterocycles. The molecular formula is C42H58ClHfO2Ti2-. The molecule has 0 saturated carbocycles. The molecule has 6 rings (SSSR count). The summed E-state index contributed by atoms with van der Waals surface area (Å²) in [6, 6.07) is 0. The Morgan fingerprint density at radius 1 is 0.583 bits per heavy atom. The van der Waals surface area contributed by atoms with Gasteiger partial charge in [-0.1, -0.05) is 0 Å². The first-order chi connectivity index (χ1) is 23.2. The largest absolute Gasteiger partial charge is 1.00 e. The summed E-state index contributed by atoms with van der Waals surface area (Å²) in [7, 11) is 0. The summed E-state index contributed by atoms with van der Waals surface area (Å²) in [5.74, 6) is 0.752. The second-order valence-corrected chi connectivity index (χ2v) is 25.1. The topological polar surface area (TPSA) is 18.5 Å². The number of allylic oxidation sites excluding steroid dienone is 24. The summed E-state index contributed by atoms with van der Waals surface area (Å²) in [6.07, 6.45) is 55.1. The standard InChI is InChI=1S/C8H17O.6C5H5.C4H9O.ClH.Hf.2Ti.H/c1-3-5-6-8(4-2)7-9;6*1-2-4-5-3-1;1-2-3-4-5;;;;;/h8H,3-7H2,1-2H3;6*1-3H,4H2;2-4H2,1H3;1H;;;;/q-1;;;;;;;-1;;;2*+1;-1. The van der Waals surface area contributed by atoms with Crippen molar-refractivity contribution in [2.45, 2.75) is 97.8 Å². The Bertz CT molecular complexity index is 1290. The fourth-order valence-electron chi connectivity index (χ4n) is 5.95. The number of halogens is 1. The first-order valence-electron chi connectivity index (χ1n) is 18.1. The van der Waals surface area contributed by atoms with Gasteiger partial charge >= 0.3 is 315 Å². The second-order valence-electron chi connectivity index (χ2n) is 12.7. The zero-order valence-corrected chi connectivity index (χ0v) is 37.1. The molecule has 6 aliphatic rings. The van der Waals surface area contributed by atoms with E-state index >= 15 is 0 Å². The molecule has 0 amide bonds. The quantitative estimate of drug-likeness (QED) is 0.107. The summed E-state index contributed by atoms with van der Waals surface area (Å²) in [6.45, 7) is 8.71. The SMILES string of the molecule is C1=CC[C]([Hf][C]2=CC=CC2)=C1.CCCCC(CC)C[O][Ti]([C]1=CC=CC1)[C]1=CC=CC1.CCCC[O][Ti]([C]1=CC=CC1)[C]1=CC=CC1.Cl.[H-]. The maximum absolute atomic E-state index is 6.51. The van der Waals surface area contributed by atoms with Crippen LogP contribution in [-0.2, 0) is 66.1 Å². The number of unbranched alkanes of at least 4 members (excludes halogenated alkanes) is 2. The molecule has 0 spiro atoms. The van der Waals surface area contributed by atoms with Gasteiger partial charge in [-0.25, -0.2) is 0 Å². The maximum Gasteiger partial charge on any atom is -0.147 e. The zero-order chi connectivity index (χ0) is 32.9. The van der Waals surface area contributed by atoms with Gasteiger partial charge < -0.3 is 1.43 Å². The Morgan fingerprint density at radius 2 is 1.00 bits per heavy atom. The summed E-state index contributed by atoms with van der Waals surface area (Å²) in [4.78, 5) is 0. The molecule has 0 aromatic heterocycles. The third kappa shape index (κ3) is 14.9. The van der Waals surface area contributed by atoms with E-state index in [0.717, 1.165) is 44.8 Å². The molecule has 0 radical (unpaired) electrons. The molecule has 0 aliphatic heterocycles. The average Bonchev–Trinajstić information content (AvgIpc) is 3.93. The molecule has 0 fully saturated rings. The van der Waals surface area contributed by atoms with Gasteiger partial charge in [0.15, 0.2) is 0 Å². The predicted molar refractivity (Wildman–Crippen MR) is 200 cm³/mol. The Kier molecular flexibility index (Phi) is 22.1. The van der Waals surface area contributed by atoms with Crippen molar-refractivity contribution >= 4 is 12.4 Å². The molecule has 2 nitrogen and oxygen atoms in total. The van der Waals surface area contributed by atoms with E-state index in [0.29, 0.717) is 0 Å². The van der Waals surface area contributed by atoms with Gasteiger partial charge in [-0.15, -0.1) is 12.4 Å². The first kappa shape index (κ1) is 41.8. The van der Waals surface area contributed by atoms with Crippen molar-refractivity contribution in [3.05, 3.63) is 132 Å². The molecule has 258 valence electrons. The van der Waals surface area contributed by atoms with Gasteiger partial charge in [0.2, 0.25) is 0 Å². The van der Waals surface area contributed by atoms with Crippen LogP contribution >= 0.6 is 12.4 Å². The predicted octanol–water partition coefficient (Wildman–Crippen LogP) is 12.8. The van der Waals surface area contributed by atoms with Gasteiger partial charge in [0.1, 0.15) is 0 Å².